The number of hydrogen-bond donors (Lipinski definition) is 1. The summed E-state index contributed by atoms with van der Waals surface area (Å²) < 4.78 is 5.92. The molecule has 5 nitrogen and oxygen atoms in total. The highest BCUT2D eigenvalue weighted by atomic mass is 16.6. The third-order valence-corrected chi connectivity index (χ3v) is 10.0. The zero-order valence-corrected chi connectivity index (χ0v) is 22.1. The lowest BCUT2D eigenvalue weighted by Crippen LogP contribution is -2.55. The number of benzene rings is 2. The monoisotopic (exact) mass is 500 g/mol. The number of hydrogen-bond acceptors (Lipinski definition) is 5. The average Bonchev–Trinajstić information content (AvgIpc) is 3.23. The first-order valence-electron chi connectivity index (χ1n) is 14.1. The lowest BCUT2D eigenvalue weighted by Gasteiger charge is -2.52. The minimum Gasteiger partial charge on any atom is -0.461 e. The average molecular weight is 501 g/mol. The molecule has 2 aliphatic heterocycles. The molecule has 1 N–H and O–H groups in total. The van der Waals surface area contributed by atoms with E-state index in [4.69, 9.17) is 4.74 Å². The summed E-state index contributed by atoms with van der Waals surface area (Å²) in [7, 11) is 0. The van der Waals surface area contributed by atoms with Crippen LogP contribution >= 0.6 is 0 Å². The van der Waals surface area contributed by atoms with Gasteiger partial charge in [0.2, 0.25) is 0 Å². The second-order valence-corrected chi connectivity index (χ2v) is 11.9. The number of nitrogens with zero attached hydrogens (tertiary/aromatic N) is 2. The number of rotatable bonds is 5. The van der Waals surface area contributed by atoms with Crippen molar-refractivity contribution in [1.82, 2.24) is 9.80 Å². The third kappa shape index (κ3) is 4.35. The summed E-state index contributed by atoms with van der Waals surface area (Å²) in [4.78, 5) is 18.1. The summed E-state index contributed by atoms with van der Waals surface area (Å²) in [6, 6.07) is 21.7. The van der Waals surface area contributed by atoms with E-state index in [9.17, 15) is 9.90 Å². The highest BCUT2D eigenvalue weighted by Crippen LogP contribution is 2.56. The SMILES string of the molecule is C[C@@H]1CCC=C2C[C@H]3OC(=O)[C@@H](CN4CCN(C(c5ccccc5)c5ccccc5)CC4)[C@H]3[C@H](O)[C@@]21C. The third-order valence-electron chi connectivity index (χ3n) is 10.0. The van der Waals surface area contributed by atoms with E-state index in [1.807, 2.05) is 0 Å². The van der Waals surface area contributed by atoms with Gasteiger partial charge in [-0.1, -0.05) is 86.2 Å². The van der Waals surface area contributed by atoms with Gasteiger partial charge in [-0.15, -0.1) is 0 Å². The molecular formula is C32H40N2O3. The van der Waals surface area contributed by atoms with Crippen molar-refractivity contribution in [3.05, 3.63) is 83.4 Å². The Kier molecular flexibility index (Phi) is 6.72. The van der Waals surface area contributed by atoms with E-state index in [-0.39, 0.29) is 35.4 Å². The van der Waals surface area contributed by atoms with Crippen molar-refractivity contribution >= 4 is 5.97 Å². The number of fused-ring (bicyclic) bond motifs is 2. The Morgan fingerprint density at radius 2 is 1.62 bits per heavy atom. The van der Waals surface area contributed by atoms with Crippen LogP contribution in [0.2, 0.25) is 0 Å². The van der Waals surface area contributed by atoms with Crippen LogP contribution in [-0.4, -0.2) is 65.8 Å². The summed E-state index contributed by atoms with van der Waals surface area (Å²) in [5, 5.41) is 11.7. The zero-order chi connectivity index (χ0) is 25.6. The summed E-state index contributed by atoms with van der Waals surface area (Å²) >= 11 is 0. The van der Waals surface area contributed by atoms with Gasteiger partial charge in [0.05, 0.1) is 18.1 Å². The quantitative estimate of drug-likeness (QED) is 0.477. The van der Waals surface area contributed by atoms with Crippen LogP contribution in [0.15, 0.2) is 72.3 Å². The molecule has 0 spiro atoms. The van der Waals surface area contributed by atoms with Gasteiger partial charge in [-0.3, -0.25) is 14.6 Å². The van der Waals surface area contributed by atoms with Gasteiger partial charge >= 0.3 is 5.97 Å². The Hall–Kier alpha value is -2.47. The van der Waals surface area contributed by atoms with Crippen molar-refractivity contribution < 1.29 is 14.6 Å². The fourth-order valence-corrected chi connectivity index (χ4v) is 7.64. The van der Waals surface area contributed by atoms with Crippen LogP contribution in [0.5, 0.6) is 0 Å². The van der Waals surface area contributed by atoms with Gasteiger partial charge < -0.3 is 9.84 Å². The van der Waals surface area contributed by atoms with Crippen molar-refractivity contribution in [3.8, 4) is 0 Å². The molecule has 2 aromatic carbocycles. The summed E-state index contributed by atoms with van der Waals surface area (Å²) in [5.74, 6) is -0.0672. The van der Waals surface area contributed by atoms with Crippen LogP contribution in [0, 0.1) is 23.2 Å². The van der Waals surface area contributed by atoms with E-state index in [1.54, 1.807) is 0 Å². The number of aliphatic hydroxyl groups excluding tert-OH is 1. The van der Waals surface area contributed by atoms with E-state index in [0.717, 1.165) is 45.4 Å². The summed E-state index contributed by atoms with van der Waals surface area (Å²) in [5.41, 5.74) is 3.68. The first-order chi connectivity index (χ1) is 18.0. The minimum atomic E-state index is -0.536. The number of carbonyl (C=O) groups excluding carboxylic acids is 1. The highest BCUT2D eigenvalue weighted by molar-refractivity contribution is 5.76. The first-order valence-corrected chi connectivity index (χ1v) is 14.1. The van der Waals surface area contributed by atoms with Gasteiger partial charge in [0.1, 0.15) is 6.10 Å². The number of esters is 1. The largest absolute Gasteiger partial charge is 0.461 e. The molecule has 1 saturated carbocycles. The Labute approximate surface area is 221 Å². The molecule has 0 amide bonds. The molecule has 0 unspecified atom stereocenters. The molecule has 2 saturated heterocycles. The van der Waals surface area contributed by atoms with Gasteiger partial charge in [-0.25, -0.2) is 0 Å². The van der Waals surface area contributed by atoms with Gasteiger partial charge in [0.25, 0.3) is 0 Å². The van der Waals surface area contributed by atoms with E-state index in [1.165, 1.54) is 16.7 Å². The van der Waals surface area contributed by atoms with Crippen molar-refractivity contribution in [1.29, 1.82) is 0 Å². The number of piperazine rings is 1. The molecule has 196 valence electrons. The maximum Gasteiger partial charge on any atom is 0.311 e. The lowest BCUT2D eigenvalue weighted by atomic mass is 9.55. The zero-order valence-electron chi connectivity index (χ0n) is 22.1. The normalized spacial score (nSPS) is 34.5. The standard InChI is InChI=1S/C32H40N2O3/c1-22-10-9-15-25-20-27-28(30(35)32(22,25)2)26(31(36)37-27)21-33-16-18-34(19-17-33)29(23-11-5-3-6-12-23)24-13-7-4-8-14-24/h3-8,11-15,22,26-30,35H,9-10,16-21H2,1-2H3/t22-,26+,27-,28-,30+,32-/m1/s1. The van der Waals surface area contributed by atoms with E-state index in [2.05, 4.69) is 90.4 Å². The maximum atomic E-state index is 13.1. The Morgan fingerprint density at radius 1 is 1.00 bits per heavy atom. The van der Waals surface area contributed by atoms with Crippen LogP contribution in [0.25, 0.3) is 0 Å². The van der Waals surface area contributed by atoms with Gasteiger partial charge in [0.15, 0.2) is 0 Å². The van der Waals surface area contributed by atoms with Crippen LogP contribution in [0.1, 0.15) is 50.3 Å². The smallest absolute Gasteiger partial charge is 0.311 e. The van der Waals surface area contributed by atoms with Crippen molar-refractivity contribution in [3.63, 3.8) is 0 Å². The number of allylic oxidation sites excluding steroid dienone is 1. The molecule has 0 aromatic heterocycles. The molecule has 2 aromatic rings. The second kappa shape index (κ2) is 10.0. The molecule has 6 rings (SSSR count). The molecule has 37 heavy (non-hydrogen) atoms. The van der Waals surface area contributed by atoms with E-state index < -0.39 is 6.10 Å². The molecule has 3 fully saturated rings. The fraction of sp³-hybridized carbons (Fsp3) is 0.531. The summed E-state index contributed by atoms with van der Waals surface area (Å²) in [6.45, 7) is 8.85. The Bertz CT molecular complexity index is 1090. The second-order valence-electron chi connectivity index (χ2n) is 11.9. The Balaban J connectivity index is 1.16. The highest BCUT2D eigenvalue weighted by Gasteiger charge is 2.59. The molecule has 0 radical (unpaired) electrons. The molecule has 6 atom stereocenters. The van der Waals surface area contributed by atoms with Crippen LogP contribution in [0.3, 0.4) is 0 Å². The van der Waals surface area contributed by atoms with E-state index in [0.29, 0.717) is 12.5 Å². The number of carbonyl (C=O) groups is 1. The number of ether oxygens (including phenoxy) is 1. The minimum absolute atomic E-state index is 0.113. The Morgan fingerprint density at radius 3 is 2.24 bits per heavy atom. The van der Waals surface area contributed by atoms with Crippen molar-refractivity contribution in [2.45, 2.75) is 51.4 Å². The lowest BCUT2D eigenvalue weighted by molar-refractivity contribution is -0.145. The van der Waals surface area contributed by atoms with Crippen molar-refractivity contribution in [2.75, 3.05) is 32.7 Å². The molecule has 2 aliphatic carbocycles. The molecule has 5 heteroatoms. The topological polar surface area (TPSA) is 53.0 Å². The van der Waals surface area contributed by atoms with Crippen LogP contribution in [-0.2, 0) is 9.53 Å². The summed E-state index contributed by atoms with van der Waals surface area (Å²) in [6.07, 6.45) is 4.53. The van der Waals surface area contributed by atoms with Crippen LogP contribution in [0.4, 0.5) is 0 Å². The van der Waals surface area contributed by atoms with Gasteiger partial charge in [-0.2, -0.15) is 0 Å². The van der Waals surface area contributed by atoms with Gasteiger partial charge in [-0.05, 0) is 29.9 Å². The maximum absolute atomic E-state index is 13.1. The van der Waals surface area contributed by atoms with Crippen LogP contribution < -0.4 is 0 Å². The molecule has 2 heterocycles. The van der Waals surface area contributed by atoms with E-state index >= 15 is 0 Å². The predicted molar refractivity (Wildman–Crippen MR) is 145 cm³/mol. The first kappa shape index (κ1) is 24.8. The predicted octanol–water partition coefficient (Wildman–Crippen LogP) is 4.68. The van der Waals surface area contributed by atoms with Gasteiger partial charge in [0, 0.05) is 50.5 Å². The molecule has 0 bridgehead atoms. The fourth-order valence-electron chi connectivity index (χ4n) is 7.64. The number of aliphatic hydroxyl groups is 1. The molecular weight excluding hydrogens is 460 g/mol. The molecule has 4 aliphatic rings. The van der Waals surface area contributed by atoms with Crippen molar-refractivity contribution in [2.24, 2.45) is 23.2 Å².